The molecule has 32 heavy (non-hydrogen) atoms. The summed E-state index contributed by atoms with van der Waals surface area (Å²) in [4.78, 5) is 48.8. The number of esters is 2. The van der Waals surface area contributed by atoms with Gasteiger partial charge in [-0.05, 0) is 24.6 Å². The van der Waals surface area contributed by atoms with Crippen LogP contribution in [-0.2, 0) is 19.0 Å². The van der Waals surface area contributed by atoms with E-state index in [1.54, 1.807) is 0 Å². The predicted octanol–water partition coefficient (Wildman–Crippen LogP) is 2.64. The van der Waals surface area contributed by atoms with Gasteiger partial charge in [-0.15, -0.1) is 11.3 Å². The van der Waals surface area contributed by atoms with Gasteiger partial charge in [0.05, 0.1) is 33.3 Å². The molecule has 0 radical (unpaired) electrons. The number of carbonyl (C=O) groups excluding carboxylic acids is 4. The molecule has 13 heteroatoms. The molecule has 0 spiro atoms. The van der Waals surface area contributed by atoms with Gasteiger partial charge in [0.2, 0.25) is 0 Å². The summed E-state index contributed by atoms with van der Waals surface area (Å²) in [5, 5.41) is 2.65. The zero-order valence-corrected chi connectivity index (χ0v) is 19.3. The molecule has 1 aromatic carbocycles. The second-order valence-electron chi connectivity index (χ2n) is 6.23. The molecule has 0 unspecified atom stereocenters. The van der Waals surface area contributed by atoms with Crippen LogP contribution in [0.3, 0.4) is 0 Å². The zero-order chi connectivity index (χ0) is 24.0. The van der Waals surface area contributed by atoms with Gasteiger partial charge in [0.25, 0.3) is 11.8 Å². The number of nitrogen functional groups attached to an aromatic ring is 1. The molecular formula is C19H19Cl2N3O7S. The lowest BCUT2D eigenvalue weighted by Crippen LogP contribution is -2.22. The summed E-state index contributed by atoms with van der Waals surface area (Å²) < 4.78 is 14.8. The summed E-state index contributed by atoms with van der Waals surface area (Å²) in [5.74, 6) is -3.27. The SMILES string of the molecule is COCCOC(=O)c1c(NC(=O)COC(=O)c2cc(Cl)cc(Cl)c2N)sc(C(N)=O)c1C. The van der Waals surface area contributed by atoms with E-state index in [-0.39, 0.29) is 55.5 Å². The molecule has 10 nitrogen and oxygen atoms in total. The van der Waals surface area contributed by atoms with Crippen molar-refractivity contribution in [2.45, 2.75) is 6.92 Å². The summed E-state index contributed by atoms with van der Waals surface area (Å²) in [6.07, 6.45) is 0. The molecule has 0 aliphatic carbocycles. The predicted molar refractivity (Wildman–Crippen MR) is 120 cm³/mol. The second kappa shape index (κ2) is 11.1. The van der Waals surface area contributed by atoms with Crippen molar-refractivity contribution in [3.8, 4) is 0 Å². The van der Waals surface area contributed by atoms with Crippen molar-refractivity contribution in [1.29, 1.82) is 0 Å². The minimum absolute atomic E-state index is 0.0186. The van der Waals surface area contributed by atoms with Crippen molar-refractivity contribution in [2.24, 2.45) is 5.73 Å². The normalized spacial score (nSPS) is 10.5. The highest BCUT2D eigenvalue weighted by Crippen LogP contribution is 2.33. The lowest BCUT2D eigenvalue weighted by Gasteiger charge is -2.10. The number of nitrogens with one attached hydrogen (secondary N) is 1. The smallest absolute Gasteiger partial charge is 0.341 e. The van der Waals surface area contributed by atoms with Gasteiger partial charge in [0.1, 0.15) is 11.6 Å². The second-order valence-corrected chi connectivity index (χ2v) is 8.09. The van der Waals surface area contributed by atoms with Crippen LogP contribution in [0.5, 0.6) is 0 Å². The molecule has 1 heterocycles. The van der Waals surface area contributed by atoms with Crippen molar-refractivity contribution in [2.75, 3.05) is 38.0 Å². The van der Waals surface area contributed by atoms with Crippen LogP contribution < -0.4 is 16.8 Å². The van der Waals surface area contributed by atoms with E-state index in [9.17, 15) is 19.2 Å². The molecule has 2 amide bonds. The fraction of sp³-hybridized carbons (Fsp3) is 0.263. The van der Waals surface area contributed by atoms with Crippen molar-refractivity contribution >= 4 is 69.0 Å². The Bertz CT molecular complexity index is 1070. The van der Waals surface area contributed by atoms with Crippen molar-refractivity contribution in [1.82, 2.24) is 0 Å². The molecule has 172 valence electrons. The average Bonchev–Trinajstić information content (AvgIpc) is 3.05. The van der Waals surface area contributed by atoms with E-state index in [0.29, 0.717) is 0 Å². The Morgan fingerprint density at radius 2 is 1.78 bits per heavy atom. The van der Waals surface area contributed by atoms with E-state index < -0.39 is 30.4 Å². The number of halogens is 2. The third kappa shape index (κ3) is 6.10. The molecule has 0 saturated heterocycles. The monoisotopic (exact) mass is 503 g/mol. The Balaban J connectivity index is 2.15. The van der Waals surface area contributed by atoms with E-state index in [2.05, 4.69) is 5.32 Å². The van der Waals surface area contributed by atoms with E-state index in [4.69, 9.17) is 48.9 Å². The number of thiophene rings is 1. The van der Waals surface area contributed by atoms with Crippen molar-refractivity contribution in [3.05, 3.63) is 43.7 Å². The standard InChI is InChI=1S/C19H19Cl2N3O7S/c1-8-13(19(28)30-4-3-29-2)17(32-15(8)16(23)26)24-12(25)7-31-18(27)10-5-9(20)6-11(21)14(10)22/h5-6H,3-4,7,22H2,1-2H3,(H2,23,26)(H,24,25). The molecule has 1 aromatic heterocycles. The molecule has 0 bridgehead atoms. The molecular weight excluding hydrogens is 485 g/mol. The van der Waals surface area contributed by atoms with Gasteiger partial charge in [-0.25, -0.2) is 9.59 Å². The first-order valence-corrected chi connectivity index (χ1v) is 10.4. The van der Waals surface area contributed by atoms with Crippen LogP contribution in [0.1, 0.15) is 36.0 Å². The van der Waals surface area contributed by atoms with Gasteiger partial charge in [0, 0.05) is 12.1 Å². The molecule has 0 aliphatic rings. The van der Waals surface area contributed by atoms with Crippen LogP contribution in [0.15, 0.2) is 12.1 Å². The molecule has 0 saturated carbocycles. The Kier molecular flexibility index (Phi) is 8.84. The molecule has 0 aliphatic heterocycles. The highest BCUT2D eigenvalue weighted by Gasteiger charge is 2.26. The number of hydrogen-bond acceptors (Lipinski definition) is 9. The Morgan fingerprint density at radius 3 is 2.41 bits per heavy atom. The summed E-state index contributed by atoms with van der Waals surface area (Å²) in [5.41, 5.74) is 11.1. The first kappa shape index (κ1) is 25.4. The highest BCUT2D eigenvalue weighted by atomic mass is 35.5. The van der Waals surface area contributed by atoms with Crippen molar-refractivity contribution < 1.29 is 33.4 Å². The number of rotatable bonds is 9. The molecule has 5 N–H and O–H groups in total. The molecule has 2 rings (SSSR count). The zero-order valence-electron chi connectivity index (χ0n) is 17.0. The molecule has 2 aromatic rings. The van der Waals surface area contributed by atoms with Crippen molar-refractivity contribution in [3.63, 3.8) is 0 Å². The number of anilines is 2. The Labute approximate surface area is 196 Å². The number of amides is 2. The maximum Gasteiger partial charge on any atom is 0.341 e. The number of benzene rings is 1. The molecule has 0 fully saturated rings. The maximum atomic E-state index is 12.4. The van der Waals surface area contributed by atoms with Crippen LogP contribution in [-0.4, -0.2) is 50.7 Å². The maximum absolute atomic E-state index is 12.4. The largest absolute Gasteiger partial charge is 0.460 e. The van der Waals surface area contributed by atoms with Crippen LogP contribution in [0.4, 0.5) is 10.7 Å². The van der Waals surface area contributed by atoms with Gasteiger partial charge in [0.15, 0.2) is 6.61 Å². The van der Waals surface area contributed by atoms with Gasteiger partial charge < -0.3 is 31.0 Å². The van der Waals surface area contributed by atoms with Crippen LogP contribution in [0.25, 0.3) is 0 Å². The van der Waals surface area contributed by atoms with Gasteiger partial charge in [-0.3, -0.25) is 9.59 Å². The lowest BCUT2D eigenvalue weighted by molar-refractivity contribution is -0.119. The molecule has 0 atom stereocenters. The number of hydrogen-bond donors (Lipinski definition) is 3. The van der Waals surface area contributed by atoms with Gasteiger partial charge in [-0.2, -0.15) is 0 Å². The minimum atomic E-state index is -0.929. The number of primary amides is 1. The van der Waals surface area contributed by atoms with Crippen LogP contribution >= 0.6 is 34.5 Å². The summed E-state index contributed by atoms with van der Waals surface area (Å²) in [7, 11) is 1.44. The number of methoxy groups -OCH3 is 1. The van der Waals surface area contributed by atoms with Gasteiger partial charge >= 0.3 is 11.9 Å². The van der Waals surface area contributed by atoms with Crippen LogP contribution in [0, 0.1) is 6.92 Å². The topological polar surface area (TPSA) is 160 Å². The number of carbonyl (C=O) groups is 4. The first-order valence-electron chi connectivity index (χ1n) is 8.87. The summed E-state index contributed by atoms with van der Waals surface area (Å²) in [6, 6.07) is 2.60. The fourth-order valence-corrected chi connectivity index (χ4v) is 4.05. The van der Waals surface area contributed by atoms with Gasteiger partial charge in [-0.1, -0.05) is 23.2 Å². The summed E-state index contributed by atoms with van der Waals surface area (Å²) >= 11 is 12.5. The van der Waals surface area contributed by atoms with E-state index in [0.717, 1.165) is 11.3 Å². The van der Waals surface area contributed by atoms with E-state index >= 15 is 0 Å². The lowest BCUT2D eigenvalue weighted by atomic mass is 10.1. The Morgan fingerprint density at radius 1 is 1.09 bits per heavy atom. The third-order valence-electron chi connectivity index (χ3n) is 4.00. The minimum Gasteiger partial charge on any atom is -0.460 e. The quantitative estimate of drug-likeness (QED) is 0.267. The number of nitrogens with two attached hydrogens (primary N) is 2. The fourth-order valence-electron chi connectivity index (χ4n) is 2.50. The average molecular weight is 504 g/mol. The van der Waals surface area contributed by atoms with E-state index in [1.807, 2.05) is 0 Å². The Hall–Kier alpha value is -2.86. The number of ether oxygens (including phenoxy) is 3. The first-order chi connectivity index (χ1) is 15.1. The summed E-state index contributed by atoms with van der Waals surface area (Å²) in [6.45, 7) is 0.894. The highest BCUT2D eigenvalue weighted by molar-refractivity contribution is 7.18. The third-order valence-corrected chi connectivity index (χ3v) is 5.75. The van der Waals surface area contributed by atoms with Crippen LogP contribution in [0.2, 0.25) is 10.0 Å². The van der Waals surface area contributed by atoms with E-state index in [1.165, 1.54) is 26.2 Å².